The first-order valence-electron chi connectivity index (χ1n) is 7.08. The van der Waals surface area contributed by atoms with Crippen molar-refractivity contribution in [1.29, 1.82) is 0 Å². The number of nitrogens with one attached hydrogen (secondary N) is 1. The molecule has 0 bridgehead atoms. The van der Waals surface area contributed by atoms with Gasteiger partial charge in [-0.2, -0.15) is 0 Å². The second-order valence-corrected chi connectivity index (χ2v) is 5.62. The Morgan fingerprint density at radius 2 is 1.95 bits per heavy atom. The van der Waals surface area contributed by atoms with Gasteiger partial charge in [-0.1, -0.05) is 13.8 Å². The largest absolute Gasteiger partial charge is 0.453 e. The maximum absolute atomic E-state index is 12.6. The first kappa shape index (κ1) is 16.8. The van der Waals surface area contributed by atoms with Crippen molar-refractivity contribution < 1.29 is 19.1 Å². The predicted molar refractivity (Wildman–Crippen MR) is 75.4 cm³/mol. The highest BCUT2D eigenvalue weighted by molar-refractivity contribution is 5.86. The van der Waals surface area contributed by atoms with Crippen molar-refractivity contribution >= 4 is 12.0 Å². The van der Waals surface area contributed by atoms with Crippen LogP contribution in [0.15, 0.2) is 0 Å². The molecule has 0 aliphatic carbocycles. The molecule has 0 aromatic carbocycles. The maximum atomic E-state index is 12.6. The van der Waals surface area contributed by atoms with Crippen LogP contribution >= 0.6 is 0 Å². The van der Waals surface area contributed by atoms with E-state index in [1.165, 1.54) is 7.11 Å². The summed E-state index contributed by atoms with van der Waals surface area (Å²) >= 11 is 0. The van der Waals surface area contributed by atoms with E-state index in [1.54, 1.807) is 7.11 Å². The smallest absolute Gasteiger partial charge is 0.407 e. The van der Waals surface area contributed by atoms with Crippen LogP contribution in [0.5, 0.6) is 0 Å². The van der Waals surface area contributed by atoms with Crippen molar-refractivity contribution in [3.8, 4) is 0 Å². The fourth-order valence-electron chi connectivity index (χ4n) is 2.55. The standard InChI is InChI=1S/C14H26N2O4/c1-9(2)12(15-14(18)20-5)13(17)16-7-6-11(19-4)8-10(16)3/h9-12H,6-8H2,1-5H3,(H,15,18)/t10-,11?,12?/m1/s1. The predicted octanol–water partition coefficient (Wildman–Crippen LogP) is 1.39. The number of amides is 2. The Labute approximate surface area is 120 Å². The quantitative estimate of drug-likeness (QED) is 0.848. The number of likely N-dealkylation sites (tertiary alicyclic amines) is 1. The monoisotopic (exact) mass is 286 g/mol. The molecule has 1 aliphatic heterocycles. The molecule has 2 amide bonds. The van der Waals surface area contributed by atoms with Crippen molar-refractivity contribution in [2.24, 2.45) is 5.92 Å². The maximum Gasteiger partial charge on any atom is 0.407 e. The molecular formula is C14H26N2O4. The molecule has 6 nitrogen and oxygen atoms in total. The summed E-state index contributed by atoms with van der Waals surface area (Å²) in [6.07, 6.45) is 1.29. The van der Waals surface area contributed by atoms with Gasteiger partial charge in [0.15, 0.2) is 0 Å². The third-order valence-corrected chi connectivity index (χ3v) is 3.84. The minimum Gasteiger partial charge on any atom is -0.453 e. The van der Waals surface area contributed by atoms with Crippen LogP contribution in [0.4, 0.5) is 4.79 Å². The minimum atomic E-state index is -0.573. The first-order chi connectivity index (χ1) is 9.40. The fraction of sp³-hybridized carbons (Fsp3) is 0.857. The Morgan fingerprint density at radius 3 is 2.40 bits per heavy atom. The number of hydrogen-bond donors (Lipinski definition) is 1. The summed E-state index contributed by atoms with van der Waals surface area (Å²) in [6.45, 7) is 6.49. The van der Waals surface area contributed by atoms with E-state index in [0.29, 0.717) is 6.54 Å². The number of alkyl carbamates (subject to hydrolysis) is 1. The van der Waals surface area contributed by atoms with Crippen molar-refractivity contribution in [2.75, 3.05) is 20.8 Å². The molecule has 116 valence electrons. The normalized spacial score (nSPS) is 24.4. The van der Waals surface area contributed by atoms with Gasteiger partial charge in [0.05, 0.1) is 13.2 Å². The minimum absolute atomic E-state index is 0.00829. The van der Waals surface area contributed by atoms with Gasteiger partial charge >= 0.3 is 6.09 Å². The molecular weight excluding hydrogens is 260 g/mol. The lowest BCUT2D eigenvalue weighted by molar-refractivity contribution is -0.139. The Hall–Kier alpha value is -1.30. The third kappa shape index (κ3) is 4.10. The van der Waals surface area contributed by atoms with E-state index >= 15 is 0 Å². The summed E-state index contributed by atoms with van der Waals surface area (Å²) in [5.41, 5.74) is 0. The van der Waals surface area contributed by atoms with Crippen LogP contribution in [0.3, 0.4) is 0 Å². The van der Waals surface area contributed by atoms with Crippen LogP contribution in [0.2, 0.25) is 0 Å². The van der Waals surface area contributed by atoms with Gasteiger partial charge in [-0.3, -0.25) is 4.79 Å². The molecule has 6 heteroatoms. The number of hydrogen-bond acceptors (Lipinski definition) is 4. The van der Waals surface area contributed by atoms with Crippen LogP contribution in [0.1, 0.15) is 33.6 Å². The van der Waals surface area contributed by atoms with Crippen molar-refractivity contribution in [2.45, 2.75) is 51.8 Å². The van der Waals surface area contributed by atoms with Crippen LogP contribution in [-0.2, 0) is 14.3 Å². The Morgan fingerprint density at radius 1 is 1.30 bits per heavy atom. The molecule has 1 aliphatic rings. The van der Waals surface area contributed by atoms with Gasteiger partial charge in [-0.15, -0.1) is 0 Å². The average Bonchev–Trinajstić information content (AvgIpc) is 2.43. The van der Waals surface area contributed by atoms with E-state index in [2.05, 4.69) is 10.1 Å². The first-order valence-corrected chi connectivity index (χ1v) is 7.08. The van der Waals surface area contributed by atoms with Gasteiger partial charge in [0.2, 0.25) is 5.91 Å². The van der Waals surface area contributed by atoms with Gasteiger partial charge in [0.1, 0.15) is 6.04 Å². The van der Waals surface area contributed by atoms with E-state index in [0.717, 1.165) is 12.8 Å². The molecule has 1 rings (SSSR count). The van der Waals surface area contributed by atoms with Crippen LogP contribution in [0, 0.1) is 5.92 Å². The van der Waals surface area contributed by atoms with Crippen molar-refractivity contribution in [1.82, 2.24) is 10.2 Å². The van der Waals surface area contributed by atoms with Gasteiger partial charge in [-0.05, 0) is 25.7 Å². The number of ether oxygens (including phenoxy) is 2. The highest BCUT2D eigenvalue weighted by Gasteiger charge is 2.34. The van der Waals surface area contributed by atoms with E-state index in [9.17, 15) is 9.59 Å². The highest BCUT2D eigenvalue weighted by atomic mass is 16.5. The Bertz CT molecular complexity index is 346. The van der Waals surface area contributed by atoms with E-state index in [4.69, 9.17) is 4.74 Å². The molecule has 0 aromatic rings. The molecule has 1 saturated heterocycles. The summed E-state index contributed by atoms with van der Waals surface area (Å²) in [5, 5.41) is 2.63. The molecule has 2 unspecified atom stereocenters. The van der Waals surface area contributed by atoms with Gasteiger partial charge in [0.25, 0.3) is 0 Å². The number of rotatable bonds is 4. The van der Waals surface area contributed by atoms with Crippen LogP contribution < -0.4 is 5.32 Å². The molecule has 1 fully saturated rings. The van der Waals surface area contributed by atoms with Gasteiger partial charge in [-0.25, -0.2) is 4.79 Å². The molecule has 0 spiro atoms. The molecule has 0 radical (unpaired) electrons. The van der Waals surface area contributed by atoms with E-state index in [-0.39, 0.29) is 24.0 Å². The molecule has 3 atom stereocenters. The lowest BCUT2D eigenvalue weighted by Gasteiger charge is -2.39. The van der Waals surface area contributed by atoms with Crippen LogP contribution in [0.25, 0.3) is 0 Å². The van der Waals surface area contributed by atoms with Gasteiger partial charge in [0, 0.05) is 19.7 Å². The van der Waals surface area contributed by atoms with E-state index < -0.39 is 12.1 Å². The molecule has 0 aromatic heterocycles. The lowest BCUT2D eigenvalue weighted by atomic mass is 9.96. The third-order valence-electron chi connectivity index (χ3n) is 3.84. The molecule has 1 heterocycles. The Kier molecular flexibility index (Phi) is 6.26. The zero-order chi connectivity index (χ0) is 15.3. The molecule has 1 N–H and O–H groups in total. The molecule has 20 heavy (non-hydrogen) atoms. The van der Waals surface area contributed by atoms with E-state index in [1.807, 2.05) is 25.7 Å². The topological polar surface area (TPSA) is 67.9 Å². The lowest BCUT2D eigenvalue weighted by Crippen LogP contribution is -2.56. The highest BCUT2D eigenvalue weighted by Crippen LogP contribution is 2.21. The average molecular weight is 286 g/mol. The fourth-order valence-corrected chi connectivity index (χ4v) is 2.55. The summed E-state index contributed by atoms with van der Waals surface area (Å²) in [6, 6.07) is -0.439. The summed E-state index contributed by atoms with van der Waals surface area (Å²) in [7, 11) is 2.99. The SMILES string of the molecule is COC(=O)NC(C(=O)N1CCC(OC)C[C@H]1C)C(C)C. The number of nitrogens with zero attached hydrogens (tertiary/aromatic N) is 1. The molecule has 0 saturated carbocycles. The van der Waals surface area contributed by atoms with Crippen molar-refractivity contribution in [3.63, 3.8) is 0 Å². The number of methoxy groups -OCH3 is 2. The second kappa shape index (κ2) is 7.47. The number of piperidine rings is 1. The van der Waals surface area contributed by atoms with Crippen LogP contribution in [-0.4, -0.2) is 55.9 Å². The van der Waals surface area contributed by atoms with Crippen molar-refractivity contribution in [3.05, 3.63) is 0 Å². The van der Waals surface area contributed by atoms with Gasteiger partial charge < -0.3 is 19.7 Å². The Balaban J connectivity index is 2.72. The summed E-state index contributed by atoms with van der Waals surface area (Å²) in [5.74, 6) is -0.0404. The number of carbonyl (C=O) groups excluding carboxylic acids is 2. The number of carbonyl (C=O) groups is 2. The second-order valence-electron chi connectivity index (χ2n) is 5.62. The summed E-state index contributed by atoms with van der Waals surface area (Å²) in [4.78, 5) is 25.8. The zero-order valence-corrected chi connectivity index (χ0v) is 13.0. The zero-order valence-electron chi connectivity index (χ0n) is 13.0. The summed E-state index contributed by atoms with van der Waals surface area (Å²) < 4.78 is 9.94.